The van der Waals surface area contributed by atoms with Crippen LogP contribution in [0.2, 0.25) is 0 Å². The van der Waals surface area contributed by atoms with Crippen molar-refractivity contribution in [3.05, 3.63) is 50.0 Å². The van der Waals surface area contributed by atoms with Gasteiger partial charge in [0.15, 0.2) is 0 Å². The van der Waals surface area contributed by atoms with Gasteiger partial charge in [-0.2, -0.15) is 0 Å². The van der Waals surface area contributed by atoms with Crippen LogP contribution < -0.4 is 4.72 Å². The van der Waals surface area contributed by atoms with Crippen LogP contribution in [0.1, 0.15) is 10.4 Å². The third-order valence-corrected chi connectivity index (χ3v) is 5.69. The van der Waals surface area contributed by atoms with Gasteiger partial charge in [0.05, 0.1) is 5.69 Å². The highest BCUT2D eigenvalue weighted by molar-refractivity contribution is 14.1. The van der Waals surface area contributed by atoms with Crippen molar-refractivity contribution in [1.29, 1.82) is 0 Å². The number of rotatable bonds is 4. The lowest BCUT2D eigenvalue weighted by Crippen LogP contribution is -2.13. The molecule has 0 bridgehead atoms. The first-order valence-corrected chi connectivity index (χ1v) is 9.10. The molecule has 22 heavy (non-hydrogen) atoms. The van der Waals surface area contributed by atoms with E-state index in [1.54, 1.807) is 12.1 Å². The molecule has 0 fully saturated rings. The van der Waals surface area contributed by atoms with E-state index < -0.39 is 21.7 Å². The zero-order valence-corrected chi connectivity index (χ0v) is 15.3. The molecule has 0 aliphatic carbocycles. The van der Waals surface area contributed by atoms with Gasteiger partial charge in [-0.05, 0) is 68.9 Å². The fourth-order valence-corrected chi connectivity index (χ4v) is 4.73. The predicted molar refractivity (Wildman–Crippen MR) is 92.7 cm³/mol. The molecule has 2 rings (SSSR count). The number of sulfonamides is 1. The van der Waals surface area contributed by atoms with Crippen molar-refractivity contribution in [3.63, 3.8) is 0 Å². The minimum atomic E-state index is -3.87. The van der Waals surface area contributed by atoms with Gasteiger partial charge in [-0.1, -0.05) is 0 Å². The third kappa shape index (κ3) is 3.70. The van der Waals surface area contributed by atoms with Gasteiger partial charge in [0, 0.05) is 14.1 Å². The highest BCUT2D eigenvalue weighted by Crippen LogP contribution is 2.28. The van der Waals surface area contributed by atoms with Crippen LogP contribution in [-0.2, 0) is 10.0 Å². The summed E-state index contributed by atoms with van der Waals surface area (Å²) < 4.78 is 28.2. The molecular weight excluding hydrogens is 489 g/mol. The van der Waals surface area contributed by atoms with Gasteiger partial charge in [-0.25, -0.2) is 13.2 Å². The summed E-state index contributed by atoms with van der Waals surface area (Å²) in [6.07, 6.45) is 0. The zero-order chi connectivity index (χ0) is 16.5. The maximum Gasteiger partial charge on any atom is 0.339 e. The van der Waals surface area contributed by atoms with Crippen molar-refractivity contribution in [2.24, 2.45) is 0 Å². The van der Waals surface area contributed by atoms with E-state index in [1.165, 1.54) is 12.1 Å². The fraction of sp³-hybridized carbons (Fsp3) is 0. The summed E-state index contributed by atoms with van der Waals surface area (Å²) in [6.45, 7) is 0. The Bertz CT molecular complexity index is 854. The van der Waals surface area contributed by atoms with E-state index in [0.29, 0.717) is 4.47 Å². The molecule has 3 N–H and O–H groups in total. The van der Waals surface area contributed by atoms with Crippen molar-refractivity contribution < 1.29 is 23.4 Å². The number of hydrogen-bond donors (Lipinski definition) is 3. The number of halogens is 2. The standard InChI is InChI=1S/C13H9BrINO5S/c14-10-5-7(15)1-4-12(10)22(20,21)16-8-2-3-9(13(18)19)11(17)6-8/h1-6,16-17H,(H,18,19). The number of aromatic hydroxyl groups is 1. The second-order valence-corrected chi connectivity index (χ2v) is 7.97. The van der Waals surface area contributed by atoms with Gasteiger partial charge in [-0.3, -0.25) is 4.72 Å². The first-order chi connectivity index (χ1) is 10.2. The van der Waals surface area contributed by atoms with Gasteiger partial charge < -0.3 is 10.2 Å². The second-order valence-electron chi connectivity index (χ2n) is 4.22. The molecule has 0 saturated carbocycles. The molecule has 0 atom stereocenters. The van der Waals surface area contributed by atoms with Gasteiger partial charge in [0.2, 0.25) is 0 Å². The zero-order valence-electron chi connectivity index (χ0n) is 10.7. The molecule has 116 valence electrons. The summed E-state index contributed by atoms with van der Waals surface area (Å²) in [4.78, 5) is 10.8. The van der Waals surface area contributed by atoms with Gasteiger partial charge in [0.1, 0.15) is 16.2 Å². The lowest BCUT2D eigenvalue weighted by Gasteiger charge is -2.11. The Labute approximate surface area is 148 Å². The molecule has 2 aromatic carbocycles. The van der Waals surface area contributed by atoms with Crippen LogP contribution in [0, 0.1) is 3.57 Å². The molecule has 0 spiro atoms. The average molecular weight is 498 g/mol. The summed E-state index contributed by atoms with van der Waals surface area (Å²) in [6, 6.07) is 8.17. The number of nitrogens with one attached hydrogen (secondary N) is 1. The molecule has 0 aliphatic rings. The monoisotopic (exact) mass is 497 g/mol. The SMILES string of the molecule is O=C(O)c1ccc(NS(=O)(=O)c2ccc(I)cc2Br)cc1O. The van der Waals surface area contributed by atoms with Crippen molar-refractivity contribution in [3.8, 4) is 5.75 Å². The van der Waals surface area contributed by atoms with E-state index in [9.17, 15) is 18.3 Å². The summed E-state index contributed by atoms with van der Waals surface area (Å²) >= 11 is 5.24. The van der Waals surface area contributed by atoms with E-state index in [1.807, 2.05) is 0 Å². The highest BCUT2D eigenvalue weighted by Gasteiger charge is 2.19. The van der Waals surface area contributed by atoms with Crippen molar-refractivity contribution in [2.75, 3.05) is 4.72 Å². The quantitative estimate of drug-likeness (QED) is 0.562. The van der Waals surface area contributed by atoms with Gasteiger partial charge >= 0.3 is 5.97 Å². The Kier molecular flexibility index (Phi) is 4.97. The van der Waals surface area contributed by atoms with Crippen LogP contribution in [0.3, 0.4) is 0 Å². The van der Waals surface area contributed by atoms with Crippen LogP contribution >= 0.6 is 38.5 Å². The number of carboxylic acids is 1. The summed E-state index contributed by atoms with van der Waals surface area (Å²) in [5, 5.41) is 18.4. The first kappa shape index (κ1) is 17.0. The lowest BCUT2D eigenvalue weighted by molar-refractivity contribution is 0.0694. The Morgan fingerprint density at radius 1 is 1.18 bits per heavy atom. The van der Waals surface area contributed by atoms with E-state index in [2.05, 4.69) is 43.2 Å². The van der Waals surface area contributed by atoms with E-state index in [0.717, 1.165) is 15.7 Å². The molecule has 0 unspecified atom stereocenters. The molecular formula is C13H9BrINO5S. The molecule has 0 aliphatic heterocycles. The maximum absolute atomic E-state index is 12.3. The van der Waals surface area contributed by atoms with E-state index in [-0.39, 0.29) is 16.1 Å². The normalized spacial score (nSPS) is 11.2. The van der Waals surface area contributed by atoms with Crippen molar-refractivity contribution >= 4 is 60.2 Å². The highest BCUT2D eigenvalue weighted by atomic mass is 127. The molecule has 0 amide bonds. The smallest absolute Gasteiger partial charge is 0.339 e. The molecule has 2 aromatic rings. The summed E-state index contributed by atoms with van der Waals surface area (Å²) in [5.41, 5.74) is -0.244. The summed E-state index contributed by atoms with van der Waals surface area (Å²) in [5.74, 6) is -1.82. The van der Waals surface area contributed by atoms with Crippen molar-refractivity contribution in [2.45, 2.75) is 4.90 Å². The summed E-state index contributed by atoms with van der Waals surface area (Å²) in [7, 11) is -3.87. The average Bonchev–Trinajstić information content (AvgIpc) is 2.37. The number of aromatic carboxylic acids is 1. The topological polar surface area (TPSA) is 104 Å². The second kappa shape index (κ2) is 6.42. The largest absolute Gasteiger partial charge is 0.507 e. The third-order valence-electron chi connectivity index (χ3n) is 2.66. The van der Waals surface area contributed by atoms with Crippen LogP contribution in [0.5, 0.6) is 5.75 Å². The number of benzene rings is 2. The Balaban J connectivity index is 2.37. The minimum absolute atomic E-state index is 0.0368. The molecule has 0 aromatic heterocycles. The number of hydrogen-bond acceptors (Lipinski definition) is 4. The predicted octanol–water partition coefficient (Wildman–Crippen LogP) is 3.26. The fourth-order valence-electron chi connectivity index (χ4n) is 1.68. The Morgan fingerprint density at radius 2 is 1.86 bits per heavy atom. The number of anilines is 1. The molecule has 6 nitrogen and oxygen atoms in total. The Hall–Kier alpha value is -1.33. The van der Waals surface area contributed by atoms with Crippen molar-refractivity contribution in [1.82, 2.24) is 0 Å². The first-order valence-electron chi connectivity index (χ1n) is 5.75. The Morgan fingerprint density at radius 3 is 2.41 bits per heavy atom. The van der Waals surface area contributed by atoms with Crippen LogP contribution in [0.15, 0.2) is 45.8 Å². The number of phenols is 1. The van der Waals surface area contributed by atoms with E-state index >= 15 is 0 Å². The minimum Gasteiger partial charge on any atom is -0.507 e. The van der Waals surface area contributed by atoms with Crippen LogP contribution in [0.4, 0.5) is 5.69 Å². The van der Waals surface area contributed by atoms with E-state index in [4.69, 9.17) is 5.11 Å². The van der Waals surface area contributed by atoms with Gasteiger partial charge in [0.25, 0.3) is 10.0 Å². The molecule has 0 saturated heterocycles. The van der Waals surface area contributed by atoms with Crippen LogP contribution in [-0.4, -0.2) is 24.6 Å². The van der Waals surface area contributed by atoms with Crippen LogP contribution in [0.25, 0.3) is 0 Å². The number of carboxylic acid groups (broad SMARTS) is 1. The molecule has 0 radical (unpaired) electrons. The molecule has 0 heterocycles. The number of carbonyl (C=O) groups is 1. The van der Waals surface area contributed by atoms with Gasteiger partial charge in [-0.15, -0.1) is 0 Å². The molecule has 9 heteroatoms. The lowest BCUT2D eigenvalue weighted by atomic mass is 10.2. The maximum atomic E-state index is 12.3.